The highest BCUT2D eigenvalue weighted by atomic mass is 19.1. The second-order valence-corrected chi connectivity index (χ2v) is 3.09. The van der Waals surface area contributed by atoms with Crippen LogP contribution in [0.4, 0.5) is 15.8 Å². The van der Waals surface area contributed by atoms with Crippen LogP contribution in [0.25, 0.3) is 0 Å². The fourth-order valence-electron chi connectivity index (χ4n) is 1.26. The Morgan fingerprint density at radius 3 is 2.67 bits per heavy atom. The third-order valence-electron chi connectivity index (χ3n) is 1.82. The summed E-state index contributed by atoms with van der Waals surface area (Å²) in [4.78, 5) is 21.2. The number of benzene rings is 1. The van der Waals surface area contributed by atoms with Crippen LogP contribution in [0.1, 0.15) is 12.5 Å². The Morgan fingerprint density at radius 2 is 2.13 bits per heavy atom. The quantitative estimate of drug-likeness (QED) is 0.745. The maximum absolute atomic E-state index is 13.0. The molecule has 5 heteroatoms. The molecule has 0 radical (unpaired) electrons. The number of carbonyl (C=O) groups excluding carboxylic acids is 2. The molecule has 0 heterocycles. The van der Waals surface area contributed by atoms with E-state index in [9.17, 15) is 14.0 Å². The van der Waals surface area contributed by atoms with E-state index in [1.807, 2.05) is 0 Å². The molecule has 0 bridgehead atoms. The molecule has 0 aromatic heterocycles. The lowest BCUT2D eigenvalue weighted by Gasteiger charge is -2.12. The number of amides is 2. The van der Waals surface area contributed by atoms with Crippen LogP contribution in [0.2, 0.25) is 0 Å². The summed E-state index contributed by atoms with van der Waals surface area (Å²) in [5, 5.41) is 4.85. The van der Waals surface area contributed by atoms with Gasteiger partial charge in [-0.05, 0) is 24.6 Å². The molecule has 0 atom stereocenters. The molecule has 2 N–H and O–H groups in total. The molecule has 0 aliphatic carbocycles. The number of aryl methyl sites for hydroxylation is 1. The van der Waals surface area contributed by atoms with E-state index >= 15 is 0 Å². The number of carbonyl (C=O) groups is 2. The zero-order chi connectivity index (χ0) is 11.4. The van der Waals surface area contributed by atoms with Crippen LogP contribution in [0.5, 0.6) is 0 Å². The van der Waals surface area contributed by atoms with Gasteiger partial charge in [-0.3, -0.25) is 9.59 Å². The Morgan fingerprint density at radius 1 is 1.47 bits per heavy atom. The van der Waals surface area contributed by atoms with Gasteiger partial charge in [-0.2, -0.15) is 0 Å². The van der Waals surface area contributed by atoms with E-state index in [4.69, 9.17) is 0 Å². The molecular weight excluding hydrogens is 199 g/mol. The zero-order valence-electron chi connectivity index (χ0n) is 8.43. The Balaban J connectivity index is 3.19. The van der Waals surface area contributed by atoms with Crippen LogP contribution in [-0.4, -0.2) is 12.3 Å². The van der Waals surface area contributed by atoms with E-state index in [2.05, 4.69) is 10.6 Å². The molecule has 15 heavy (non-hydrogen) atoms. The predicted octanol–water partition coefficient (Wildman–Crippen LogP) is 1.66. The van der Waals surface area contributed by atoms with Crippen molar-refractivity contribution in [2.75, 3.05) is 10.6 Å². The normalized spacial score (nSPS) is 9.53. The first-order valence-electron chi connectivity index (χ1n) is 4.32. The smallest absolute Gasteiger partial charge is 0.221 e. The molecule has 0 saturated heterocycles. The highest BCUT2D eigenvalue weighted by molar-refractivity contribution is 5.95. The first kappa shape index (κ1) is 11.2. The number of halogens is 1. The summed E-state index contributed by atoms with van der Waals surface area (Å²) < 4.78 is 13.0. The fourth-order valence-corrected chi connectivity index (χ4v) is 1.26. The molecule has 4 nitrogen and oxygen atoms in total. The van der Waals surface area contributed by atoms with Gasteiger partial charge in [0.05, 0.1) is 11.4 Å². The Labute approximate surface area is 86.5 Å². The van der Waals surface area contributed by atoms with Crippen molar-refractivity contribution >= 4 is 23.7 Å². The van der Waals surface area contributed by atoms with Crippen LogP contribution in [0.15, 0.2) is 12.1 Å². The second kappa shape index (κ2) is 4.54. The molecule has 80 valence electrons. The molecule has 0 spiro atoms. The number of hydrogen-bond donors (Lipinski definition) is 2. The monoisotopic (exact) mass is 210 g/mol. The van der Waals surface area contributed by atoms with Gasteiger partial charge in [-0.15, -0.1) is 0 Å². The van der Waals surface area contributed by atoms with Crippen molar-refractivity contribution in [2.24, 2.45) is 0 Å². The van der Waals surface area contributed by atoms with E-state index in [1.165, 1.54) is 13.0 Å². The summed E-state index contributed by atoms with van der Waals surface area (Å²) in [6.07, 6.45) is 0.430. The van der Waals surface area contributed by atoms with E-state index in [0.717, 1.165) is 6.07 Å². The molecule has 0 fully saturated rings. The molecule has 0 aliphatic rings. The van der Waals surface area contributed by atoms with Crippen molar-refractivity contribution in [3.63, 3.8) is 0 Å². The Bertz CT molecular complexity index is 405. The molecule has 1 rings (SSSR count). The highest BCUT2D eigenvalue weighted by Crippen LogP contribution is 2.26. The standard InChI is InChI=1S/C10H11FN2O2/c1-6-3-8(11)4-9(12-5-14)10(6)13-7(2)15/h3-5H,1-2H3,(H,12,14)(H,13,15). The summed E-state index contributed by atoms with van der Waals surface area (Å²) in [5.74, 6) is -0.746. The summed E-state index contributed by atoms with van der Waals surface area (Å²) in [5.41, 5.74) is 1.21. The van der Waals surface area contributed by atoms with Gasteiger partial charge in [0.25, 0.3) is 0 Å². The molecular formula is C10H11FN2O2. The van der Waals surface area contributed by atoms with Crippen LogP contribution in [0, 0.1) is 12.7 Å². The first-order valence-corrected chi connectivity index (χ1v) is 4.32. The third-order valence-corrected chi connectivity index (χ3v) is 1.82. The van der Waals surface area contributed by atoms with Crippen LogP contribution < -0.4 is 10.6 Å². The largest absolute Gasteiger partial charge is 0.327 e. The van der Waals surface area contributed by atoms with Gasteiger partial charge in [0, 0.05) is 6.92 Å². The van der Waals surface area contributed by atoms with Gasteiger partial charge < -0.3 is 10.6 Å². The van der Waals surface area contributed by atoms with Gasteiger partial charge in [0.1, 0.15) is 5.82 Å². The average Bonchev–Trinajstić information content (AvgIpc) is 2.11. The van der Waals surface area contributed by atoms with Gasteiger partial charge >= 0.3 is 0 Å². The summed E-state index contributed by atoms with van der Waals surface area (Å²) in [6.45, 7) is 2.98. The van der Waals surface area contributed by atoms with Gasteiger partial charge in [0.15, 0.2) is 0 Å². The van der Waals surface area contributed by atoms with E-state index in [1.54, 1.807) is 6.92 Å². The lowest BCUT2D eigenvalue weighted by molar-refractivity contribution is -0.114. The van der Waals surface area contributed by atoms with Crippen LogP contribution in [-0.2, 0) is 9.59 Å². The fraction of sp³-hybridized carbons (Fsp3) is 0.200. The number of hydrogen-bond acceptors (Lipinski definition) is 2. The highest BCUT2D eigenvalue weighted by Gasteiger charge is 2.09. The Kier molecular flexibility index (Phi) is 3.38. The minimum Gasteiger partial charge on any atom is -0.327 e. The number of nitrogens with one attached hydrogen (secondary N) is 2. The first-order chi connectivity index (χ1) is 7.04. The molecule has 0 aliphatic heterocycles. The molecule has 0 saturated carbocycles. The van der Waals surface area contributed by atoms with Crippen molar-refractivity contribution < 1.29 is 14.0 Å². The molecule has 1 aromatic carbocycles. The maximum atomic E-state index is 13.0. The molecule has 2 amide bonds. The van der Waals surface area contributed by atoms with Gasteiger partial charge in [0.2, 0.25) is 12.3 Å². The van der Waals surface area contributed by atoms with Crippen molar-refractivity contribution in [3.8, 4) is 0 Å². The summed E-state index contributed by atoms with van der Waals surface area (Å²) >= 11 is 0. The summed E-state index contributed by atoms with van der Waals surface area (Å²) in [7, 11) is 0. The molecule has 1 aromatic rings. The topological polar surface area (TPSA) is 58.2 Å². The third kappa shape index (κ3) is 2.77. The van der Waals surface area contributed by atoms with Gasteiger partial charge in [-0.25, -0.2) is 4.39 Å². The SMILES string of the molecule is CC(=O)Nc1c(C)cc(F)cc1NC=O. The molecule has 0 unspecified atom stereocenters. The maximum Gasteiger partial charge on any atom is 0.221 e. The average molecular weight is 210 g/mol. The van der Waals surface area contributed by atoms with E-state index in [-0.39, 0.29) is 11.6 Å². The minimum absolute atomic E-state index is 0.248. The van der Waals surface area contributed by atoms with Crippen LogP contribution in [0.3, 0.4) is 0 Å². The van der Waals surface area contributed by atoms with Crippen molar-refractivity contribution in [3.05, 3.63) is 23.5 Å². The van der Waals surface area contributed by atoms with Crippen molar-refractivity contribution in [1.29, 1.82) is 0 Å². The summed E-state index contributed by atoms with van der Waals surface area (Å²) in [6, 6.07) is 2.42. The zero-order valence-corrected chi connectivity index (χ0v) is 8.43. The lowest BCUT2D eigenvalue weighted by atomic mass is 10.1. The van der Waals surface area contributed by atoms with Gasteiger partial charge in [-0.1, -0.05) is 0 Å². The Hall–Kier alpha value is -1.91. The second-order valence-electron chi connectivity index (χ2n) is 3.09. The lowest BCUT2D eigenvalue weighted by Crippen LogP contribution is -2.10. The predicted molar refractivity (Wildman–Crippen MR) is 55.1 cm³/mol. The van der Waals surface area contributed by atoms with Crippen molar-refractivity contribution in [1.82, 2.24) is 0 Å². The van der Waals surface area contributed by atoms with E-state index < -0.39 is 5.82 Å². The minimum atomic E-state index is -0.467. The van der Waals surface area contributed by atoms with Crippen molar-refractivity contribution in [2.45, 2.75) is 13.8 Å². The van der Waals surface area contributed by atoms with Crippen LogP contribution >= 0.6 is 0 Å². The number of rotatable bonds is 3. The number of anilines is 2. The van der Waals surface area contributed by atoms with E-state index in [0.29, 0.717) is 17.7 Å².